The fourth-order valence-corrected chi connectivity index (χ4v) is 3.33. The summed E-state index contributed by atoms with van der Waals surface area (Å²) in [5.41, 5.74) is 1.21. The molecule has 0 fully saturated rings. The van der Waals surface area contributed by atoms with Crippen LogP contribution >= 0.6 is 0 Å². The van der Waals surface area contributed by atoms with Gasteiger partial charge in [0.05, 0.1) is 39.6 Å². The molecule has 1 aromatic heterocycles. The van der Waals surface area contributed by atoms with E-state index in [2.05, 4.69) is 5.10 Å². The van der Waals surface area contributed by atoms with Crippen molar-refractivity contribution in [1.82, 2.24) is 14.7 Å². The number of esters is 1. The Morgan fingerprint density at radius 2 is 1.72 bits per heavy atom. The standard InChI is InChI=1S/C23H25N3O6/c1-30-17-10-16(11-18(12-17)31-2)14-25(15-23(29)32-3)22(28)8-9-26-20-7-5-4-6-19(20)21(27)13-24-26/h4-7,10-13H,8-9,14-15H2,1-3H3. The van der Waals surface area contributed by atoms with E-state index in [0.717, 1.165) is 5.56 Å². The highest BCUT2D eigenvalue weighted by atomic mass is 16.5. The fraction of sp³-hybridized carbons (Fsp3) is 0.304. The summed E-state index contributed by atoms with van der Waals surface area (Å²) in [6.45, 7) is 0.214. The van der Waals surface area contributed by atoms with Crippen LogP contribution in [0.15, 0.2) is 53.5 Å². The number of nitrogens with zero attached hydrogens (tertiary/aromatic N) is 3. The lowest BCUT2D eigenvalue weighted by Gasteiger charge is -2.22. The zero-order chi connectivity index (χ0) is 23.1. The minimum atomic E-state index is -0.528. The van der Waals surface area contributed by atoms with Gasteiger partial charge in [0.15, 0.2) is 0 Å². The molecule has 9 nitrogen and oxygen atoms in total. The molecule has 0 saturated heterocycles. The van der Waals surface area contributed by atoms with Gasteiger partial charge in [0, 0.05) is 24.4 Å². The number of carbonyl (C=O) groups excluding carboxylic acids is 2. The van der Waals surface area contributed by atoms with E-state index in [9.17, 15) is 14.4 Å². The van der Waals surface area contributed by atoms with Crippen molar-refractivity contribution in [3.8, 4) is 11.5 Å². The fourth-order valence-electron chi connectivity index (χ4n) is 3.33. The molecule has 168 valence electrons. The minimum absolute atomic E-state index is 0.0813. The number of aryl methyl sites for hydroxylation is 1. The lowest BCUT2D eigenvalue weighted by atomic mass is 10.1. The number of para-hydroxylation sites is 1. The van der Waals surface area contributed by atoms with Gasteiger partial charge in [-0.05, 0) is 29.8 Å². The van der Waals surface area contributed by atoms with Gasteiger partial charge in [-0.3, -0.25) is 19.1 Å². The van der Waals surface area contributed by atoms with Gasteiger partial charge >= 0.3 is 5.97 Å². The molecule has 9 heteroatoms. The molecule has 0 unspecified atom stereocenters. The quantitative estimate of drug-likeness (QED) is 0.470. The summed E-state index contributed by atoms with van der Waals surface area (Å²) in [4.78, 5) is 38.4. The molecule has 32 heavy (non-hydrogen) atoms. The Labute approximate surface area is 185 Å². The Hall–Kier alpha value is -3.88. The molecule has 0 atom stereocenters. The van der Waals surface area contributed by atoms with Crippen LogP contribution in [0.5, 0.6) is 11.5 Å². The first-order chi connectivity index (χ1) is 15.4. The number of fused-ring (bicyclic) bond motifs is 1. The molecule has 0 aliphatic carbocycles. The third kappa shape index (κ3) is 5.42. The molecule has 2 aromatic carbocycles. The number of hydrogen-bond acceptors (Lipinski definition) is 7. The molecule has 0 spiro atoms. The normalized spacial score (nSPS) is 10.6. The second kappa shape index (κ2) is 10.4. The number of aromatic nitrogens is 2. The first-order valence-corrected chi connectivity index (χ1v) is 9.96. The third-order valence-electron chi connectivity index (χ3n) is 4.98. The average molecular weight is 439 g/mol. The monoisotopic (exact) mass is 439 g/mol. The number of amides is 1. The van der Waals surface area contributed by atoms with Crippen molar-refractivity contribution >= 4 is 22.8 Å². The number of methoxy groups -OCH3 is 3. The predicted molar refractivity (Wildman–Crippen MR) is 118 cm³/mol. The molecule has 0 saturated carbocycles. The number of ether oxygens (including phenoxy) is 3. The van der Waals surface area contributed by atoms with Crippen molar-refractivity contribution in [3.63, 3.8) is 0 Å². The Morgan fingerprint density at radius 1 is 1.03 bits per heavy atom. The number of benzene rings is 2. The Morgan fingerprint density at radius 3 is 2.38 bits per heavy atom. The van der Waals surface area contributed by atoms with Gasteiger partial charge in [-0.2, -0.15) is 5.10 Å². The maximum absolute atomic E-state index is 13.0. The highest BCUT2D eigenvalue weighted by Gasteiger charge is 2.19. The zero-order valence-corrected chi connectivity index (χ0v) is 18.2. The van der Waals surface area contributed by atoms with Crippen LogP contribution < -0.4 is 14.9 Å². The van der Waals surface area contributed by atoms with Gasteiger partial charge < -0.3 is 19.1 Å². The summed E-state index contributed by atoms with van der Waals surface area (Å²) in [7, 11) is 4.35. The first kappa shape index (κ1) is 22.8. The number of hydrogen-bond donors (Lipinski definition) is 0. The highest BCUT2D eigenvalue weighted by Crippen LogP contribution is 2.23. The van der Waals surface area contributed by atoms with Crippen LogP contribution in [0.3, 0.4) is 0 Å². The van der Waals surface area contributed by atoms with E-state index in [1.807, 2.05) is 6.07 Å². The van der Waals surface area contributed by atoms with Crippen molar-refractivity contribution in [2.45, 2.75) is 19.5 Å². The Bertz CT molecular complexity index is 1150. The van der Waals surface area contributed by atoms with Crippen LogP contribution in [-0.4, -0.2) is 54.4 Å². The maximum Gasteiger partial charge on any atom is 0.325 e. The average Bonchev–Trinajstić information content (AvgIpc) is 2.82. The van der Waals surface area contributed by atoms with Crippen LogP contribution in [0.2, 0.25) is 0 Å². The molecule has 0 N–H and O–H groups in total. The van der Waals surface area contributed by atoms with Crippen LogP contribution in [-0.2, 0) is 27.4 Å². The summed E-state index contributed by atoms with van der Waals surface area (Å²) in [5.74, 6) is 0.365. The molecule has 1 heterocycles. The van der Waals surface area contributed by atoms with Gasteiger partial charge in [-0.1, -0.05) is 12.1 Å². The number of carbonyl (C=O) groups is 2. The van der Waals surface area contributed by atoms with E-state index >= 15 is 0 Å². The van der Waals surface area contributed by atoms with Crippen molar-refractivity contribution < 1.29 is 23.8 Å². The van der Waals surface area contributed by atoms with Gasteiger partial charge in [-0.15, -0.1) is 0 Å². The van der Waals surface area contributed by atoms with Crippen LogP contribution in [0.25, 0.3) is 10.9 Å². The second-order valence-electron chi connectivity index (χ2n) is 7.05. The molecule has 3 aromatic rings. The SMILES string of the molecule is COC(=O)CN(Cc1cc(OC)cc(OC)c1)C(=O)CCn1ncc(=O)c2ccccc21. The van der Waals surface area contributed by atoms with Crippen molar-refractivity contribution in [2.24, 2.45) is 0 Å². The van der Waals surface area contributed by atoms with Crippen molar-refractivity contribution in [3.05, 3.63) is 64.4 Å². The summed E-state index contributed by atoms with van der Waals surface area (Å²) in [6, 6.07) is 12.4. The van der Waals surface area contributed by atoms with Crippen LogP contribution in [0.4, 0.5) is 0 Å². The first-order valence-electron chi connectivity index (χ1n) is 9.96. The maximum atomic E-state index is 13.0. The summed E-state index contributed by atoms with van der Waals surface area (Å²) in [6.07, 6.45) is 1.32. The number of rotatable bonds is 9. The molecule has 0 aliphatic heterocycles. The zero-order valence-electron chi connectivity index (χ0n) is 18.2. The van der Waals surface area contributed by atoms with E-state index < -0.39 is 5.97 Å². The lowest BCUT2D eigenvalue weighted by Crippen LogP contribution is -2.36. The van der Waals surface area contributed by atoms with Gasteiger partial charge in [0.25, 0.3) is 0 Å². The van der Waals surface area contributed by atoms with Gasteiger partial charge in [0.2, 0.25) is 11.3 Å². The van der Waals surface area contributed by atoms with E-state index in [4.69, 9.17) is 14.2 Å². The molecular formula is C23H25N3O6. The van der Waals surface area contributed by atoms with E-state index in [1.54, 1.807) is 41.1 Å². The smallest absolute Gasteiger partial charge is 0.325 e. The predicted octanol–water partition coefficient (Wildman–Crippen LogP) is 2.01. The van der Waals surface area contributed by atoms with E-state index in [0.29, 0.717) is 22.4 Å². The van der Waals surface area contributed by atoms with Crippen molar-refractivity contribution in [1.29, 1.82) is 0 Å². The molecule has 1 amide bonds. The van der Waals surface area contributed by atoms with E-state index in [-0.39, 0.29) is 37.4 Å². The molecule has 3 rings (SSSR count). The lowest BCUT2D eigenvalue weighted by molar-refractivity contribution is -0.147. The topological polar surface area (TPSA) is 100.0 Å². The Kier molecular flexibility index (Phi) is 7.43. The van der Waals surface area contributed by atoms with E-state index in [1.165, 1.54) is 32.4 Å². The summed E-state index contributed by atoms with van der Waals surface area (Å²) in [5, 5.41) is 4.69. The third-order valence-corrected chi connectivity index (χ3v) is 4.98. The van der Waals surface area contributed by atoms with Crippen molar-refractivity contribution in [2.75, 3.05) is 27.9 Å². The van der Waals surface area contributed by atoms with Gasteiger partial charge in [0.1, 0.15) is 18.0 Å². The Balaban J connectivity index is 1.80. The molecule has 0 bridgehead atoms. The molecular weight excluding hydrogens is 414 g/mol. The van der Waals surface area contributed by atoms with Crippen LogP contribution in [0, 0.1) is 0 Å². The molecule has 0 aliphatic rings. The minimum Gasteiger partial charge on any atom is -0.497 e. The molecule has 0 radical (unpaired) electrons. The van der Waals surface area contributed by atoms with Crippen LogP contribution in [0.1, 0.15) is 12.0 Å². The summed E-state index contributed by atoms with van der Waals surface area (Å²) < 4.78 is 16.9. The van der Waals surface area contributed by atoms with Gasteiger partial charge in [-0.25, -0.2) is 0 Å². The summed E-state index contributed by atoms with van der Waals surface area (Å²) >= 11 is 0. The second-order valence-corrected chi connectivity index (χ2v) is 7.05. The highest BCUT2D eigenvalue weighted by molar-refractivity contribution is 5.82. The largest absolute Gasteiger partial charge is 0.497 e.